The van der Waals surface area contributed by atoms with Crippen molar-refractivity contribution in [2.75, 3.05) is 46.9 Å². The summed E-state index contributed by atoms with van der Waals surface area (Å²) < 4.78 is 5.60. The van der Waals surface area contributed by atoms with Gasteiger partial charge in [-0.1, -0.05) is 18.2 Å². The quantitative estimate of drug-likeness (QED) is 0.722. The zero-order valence-corrected chi connectivity index (χ0v) is 17.7. The molecular formula is C23H26N4O4. The Hall–Kier alpha value is -3.42. The lowest BCUT2D eigenvalue weighted by Crippen LogP contribution is -2.48. The Balaban J connectivity index is 1.48. The van der Waals surface area contributed by atoms with E-state index in [4.69, 9.17) is 4.74 Å². The average Bonchev–Trinajstić information content (AvgIpc) is 3.33. The molecule has 2 aliphatic rings. The Bertz CT molecular complexity index is 966. The van der Waals surface area contributed by atoms with Gasteiger partial charge in [-0.2, -0.15) is 0 Å². The molecule has 0 bridgehead atoms. The fourth-order valence-corrected chi connectivity index (χ4v) is 4.59. The second-order valence-corrected chi connectivity index (χ2v) is 8.35. The van der Waals surface area contributed by atoms with Crippen molar-refractivity contribution in [2.24, 2.45) is 11.3 Å². The average molecular weight is 422 g/mol. The van der Waals surface area contributed by atoms with E-state index in [0.29, 0.717) is 30.9 Å². The van der Waals surface area contributed by atoms with Gasteiger partial charge < -0.3 is 19.4 Å². The SMILES string of the molecule is CN(C)C(=O)[C@@]12CN(C(=O)COc3ccccc3)C[C@@H]1CN(C(=O)c1ccncc1)C2. The minimum Gasteiger partial charge on any atom is -0.484 e. The number of carbonyl (C=O) groups is 3. The molecule has 1 aromatic carbocycles. The van der Waals surface area contributed by atoms with E-state index >= 15 is 0 Å². The third-order valence-corrected chi connectivity index (χ3v) is 6.11. The number of para-hydroxylation sites is 1. The number of benzene rings is 1. The molecule has 0 saturated carbocycles. The minimum absolute atomic E-state index is 0.0539. The summed E-state index contributed by atoms with van der Waals surface area (Å²) in [5.41, 5.74) is -0.249. The van der Waals surface area contributed by atoms with Gasteiger partial charge in [0.15, 0.2) is 6.61 Å². The Labute approximate surface area is 181 Å². The highest BCUT2D eigenvalue weighted by molar-refractivity contribution is 5.95. The first-order chi connectivity index (χ1) is 14.9. The second-order valence-electron chi connectivity index (χ2n) is 8.35. The Morgan fingerprint density at radius 2 is 1.68 bits per heavy atom. The van der Waals surface area contributed by atoms with Crippen molar-refractivity contribution in [3.63, 3.8) is 0 Å². The standard InChI is InChI=1S/C23H26N4O4/c1-25(2)22(30)23-15-26(20(28)14-31-19-6-4-3-5-7-19)12-18(23)13-27(16-23)21(29)17-8-10-24-11-9-17/h3-11,18H,12-16H2,1-2H3/t18-,23-/m1/s1. The highest BCUT2D eigenvalue weighted by atomic mass is 16.5. The van der Waals surface area contributed by atoms with Crippen molar-refractivity contribution in [3.8, 4) is 5.75 Å². The number of nitrogens with zero attached hydrogens (tertiary/aromatic N) is 4. The molecule has 162 valence electrons. The smallest absolute Gasteiger partial charge is 0.260 e. The summed E-state index contributed by atoms with van der Waals surface area (Å²) in [6, 6.07) is 12.5. The predicted octanol–water partition coefficient (Wildman–Crippen LogP) is 1.15. The summed E-state index contributed by atoms with van der Waals surface area (Å²) in [7, 11) is 3.43. The first-order valence-electron chi connectivity index (χ1n) is 10.3. The number of likely N-dealkylation sites (tertiary alicyclic amines) is 2. The molecule has 8 nitrogen and oxygen atoms in total. The normalized spacial score (nSPS) is 22.2. The molecule has 3 heterocycles. The van der Waals surface area contributed by atoms with Gasteiger partial charge in [0.25, 0.3) is 11.8 Å². The first kappa shape index (κ1) is 20.8. The van der Waals surface area contributed by atoms with Gasteiger partial charge in [-0.3, -0.25) is 19.4 Å². The Morgan fingerprint density at radius 3 is 2.35 bits per heavy atom. The Morgan fingerprint density at radius 1 is 1.03 bits per heavy atom. The summed E-state index contributed by atoms with van der Waals surface area (Å²) in [5, 5.41) is 0. The number of hydrogen-bond donors (Lipinski definition) is 0. The number of hydrogen-bond acceptors (Lipinski definition) is 5. The lowest BCUT2D eigenvalue weighted by Gasteiger charge is -2.30. The number of pyridine rings is 1. The van der Waals surface area contributed by atoms with Crippen LogP contribution in [0.15, 0.2) is 54.9 Å². The lowest BCUT2D eigenvalue weighted by atomic mass is 9.80. The molecule has 2 aliphatic heterocycles. The van der Waals surface area contributed by atoms with Crippen molar-refractivity contribution in [2.45, 2.75) is 0 Å². The van der Waals surface area contributed by atoms with E-state index in [1.54, 1.807) is 65.5 Å². The first-order valence-corrected chi connectivity index (χ1v) is 10.3. The molecule has 0 unspecified atom stereocenters. The number of rotatable bonds is 5. The van der Waals surface area contributed by atoms with Crippen LogP contribution in [0.3, 0.4) is 0 Å². The zero-order valence-electron chi connectivity index (χ0n) is 17.7. The van der Waals surface area contributed by atoms with Gasteiger partial charge >= 0.3 is 0 Å². The van der Waals surface area contributed by atoms with Crippen molar-refractivity contribution in [3.05, 3.63) is 60.4 Å². The van der Waals surface area contributed by atoms with E-state index in [0.717, 1.165) is 0 Å². The van der Waals surface area contributed by atoms with Gasteiger partial charge in [0.05, 0.1) is 5.41 Å². The molecule has 0 N–H and O–H groups in total. The van der Waals surface area contributed by atoms with Gasteiger partial charge in [-0.15, -0.1) is 0 Å². The van der Waals surface area contributed by atoms with E-state index in [1.807, 2.05) is 18.2 Å². The van der Waals surface area contributed by atoms with Crippen LogP contribution >= 0.6 is 0 Å². The molecule has 4 rings (SSSR count). The maximum absolute atomic E-state index is 13.2. The summed E-state index contributed by atoms with van der Waals surface area (Å²) in [5.74, 6) is 0.184. The van der Waals surface area contributed by atoms with E-state index in [1.165, 1.54) is 0 Å². The number of fused-ring (bicyclic) bond motifs is 1. The molecule has 2 saturated heterocycles. The number of ether oxygens (including phenoxy) is 1. The zero-order chi connectivity index (χ0) is 22.0. The van der Waals surface area contributed by atoms with Crippen molar-refractivity contribution >= 4 is 17.7 Å². The summed E-state index contributed by atoms with van der Waals surface area (Å²) in [6.07, 6.45) is 3.16. The summed E-state index contributed by atoms with van der Waals surface area (Å²) >= 11 is 0. The van der Waals surface area contributed by atoms with E-state index < -0.39 is 5.41 Å². The van der Waals surface area contributed by atoms with E-state index in [-0.39, 0.29) is 36.8 Å². The highest BCUT2D eigenvalue weighted by Crippen LogP contribution is 2.44. The highest BCUT2D eigenvalue weighted by Gasteiger charge is 2.59. The Kier molecular flexibility index (Phi) is 5.63. The molecule has 0 spiro atoms. The third-order valence-electron chi connectivity index (χ3n) is 6.11. The topological polar surface area (TPSA) is 83.1 Å². The number of amides is 3. The van der Waals surface area contributed by atoms with Crippen LogP contribution in [0.1, 0.15) is 10.4 Å². The molecule has 8 heteroatoms. The van der Waals surface area contributed by atoms with Crippen LogP contribution in [0, 0.1) is 11.3 Å². The van der Waals surface area contributed by atoms with Gasteiger partial charge in [0, 0.05) is 64.1 Å². The summed E-state index contributed by atoms with van der Waals surface area (Å²) in [6.45, 7) is 1.36. The van der Waals surface area contributed by atoms with Crippen LogP contribution in [-0.2, 0) is 9.59 Å². The fourth-order valence-electron chi connectivity index (χ4n) is 4.59. The van der Waals surface area contributed by atoms with Crippen LogP contribution in [-0.4, -0.2) is 84.3 Å². The van der Waals surface area contributed by atoms with Crippen molar-refractivity contribution in [1.82, 2.24) is 19.7 Å². The predicted molar refractivity (Wildman–Crippen MR) is 113 cm³/mol. The van der Waals surface area contributed by atoms with Gasteiger partial charge in [-0.25, -0.2) is 0 Å². The molecule has 31 heavy (non-hydrogen) atoms. The largest absolute Gasteiger partial charge is 0.484 e. The maximum atomic E-state index is 13.2. The van der Waals surface area contributed by atoms with E-state index in [2.05, 4.69) is 4.98 Å². The van der Waals surface area contributed by atoms with E-state index in [9.17, 15) is 14.4 Å². The molecule has 3 amide bonds. The van der Waals surface area contributed by atoms with Crippen LogP contribution in [0.4, 0.5) is 0 Å². The third kappa shape index (κ3) is 3.97. The minimum atomic E-state index is -0.797. The van der Waals surface area contributed by atoms with Crippen molar-refractivity contribution in [1.29, 1.82) is 0 Å². The maximum Gasteiger partial charge on any atom is 0.260 e. The fraction of sp³-hybridized carbons (Fsp3) is 0.391. The van der Waals surface area contributed by atoms with Crippen LogP contribution in [0.5, 0.6) is 5.75 Å². The van der Waals surface area contributed by atoms with Crippen molar-refractivity contribution < 1.29 is 19.1 Å². The van der Waals surface area contributed by atoms with Crippen LogP contribution in [0.25, 0.3) is 0 Å². The molecule has 2 fully saturated rings. The van der Waals surface area contributed by atoms with Gasteiger partial charge in [-0.05, 0) is 24.3 Å². The molecule has 1 aromatic heterocycles. The molecule has 0 radical (unpaired) electrons. The second kappa shape index (κ2) is 8.37. The van der Waals surface area contributed by atoms with Gasteiger partial charge in [0.1, 0.15) is 5.75 Å². The number of carbonyl (C=O) groups excluding carboxylic acids is 3. The van der Waals surface area contributed by atoms with Crippen LogP contribution in [0.2, 0.25) is 0 Å². The summed E-state index contributed by atoms with van der Waals surface area (Å²) in [4.78, 5) is 47.9. The monoisotopic (exact) mass is 422 g/mol. The molecular weight excluding hydrogens is 396 g/mol. The molecule has 0 aliphatic carbocycles. The van der Waals surface area contributed by atoms with Crippen LogP contribution < -0.4 is 4.74 Å². The number of aromatic nitrogens is 1. The van der Waals surface area contributed by atoms with Gasteiger partial charge in [0.2, 0.25) is 5.91 Å². The molecule has 2 atom stereocenters. The molecule has 2 aromatic rings. The lowest BCUT2D eigenvalue weighted by molar-refractivity contribution is -0.140.